The van der Waals surface area contributed by atoms with E-state index < -0.39 is 0 Å². The predicted octanol–water partition coefficient (Wildman–Crippen LogP) is 2.94. The molecule has 0 aromatic heterocycles. The lowest BCUT2D eigenvalue weighted by Gasteiger charge is -2.05. The zero-order chi connectivity index (χ0) is 15.0. The van der Waals surface area contributed by atoms with Crippen molar-refractivity contribution in [1.29, 1.82) is 0 Å². The van der Waals surface area contributed by atoms with Crippen LogP contribution >= 0.6 is 0 Å². The van der Waals surface area contributed by atoms with E-state index >= 15 is 0 Å². The van der Waals surface area contributed by atoms with Gasteiger partial charge in [0, 0.05) is 23.4 Å². The number of hydrazone groups is 1. The Bertz CT molecular complexity index is 492. The fourth-order valence-corrected chi connectivity index (χ4v) is 1.58. The fourth-order valence-electron chi connectivity index (χ4n) is 1.58. The molecule has 1 aromatic carbocycles. The minimum absolute atomic E-state index is 0.0537. The molecule has 5 nitrogen and oxygen atoms in total. The Kier molecular flexibility index (Phi) is 6.43. The van der Waals surface area contributed by atoms with E-state index in [0.717, 1.165) is 18.6 Å². The van der Waals surface area contributed by atoms with Crippen LogP contribution in [0.25, 0.3) is 0 Å². The number of amides is 2. The Hall–Kier alpha value is -2.17. The number of hydrogen-bond acceptors (Lipinski definition) is 3. The molecule has 0 saturated heterocycles. The second kappa shape index (κ2) is 8.09. The lowest BCUT2D eigenvalue weighted by Crippen LogP contribution is -2.19. The Morgan fingerprint density at radius 1 is 1.15 bits per heavy atom. The fraction of sp³-hybridized carbons (Fsp3) is 0.400. The number of benzene rings is 1. The summed E-state index contributed by atoms with van der Waals surface area (Å²) in [6.07, 6.45) is 2.28. The second-order valence-corrected chi connectivity index (χ2v) is 4.52. The van der Waals surface area contributed by atoms with Gasteiger partial charge in [-0.2, -0.15) is 5.10 Å². The zero-order valence-electron chi connectivity index (χ0n) is 12.2. The molecule has 0 aliphatic carbocycles. The molecule has 0 radical (unpaired) electrons. The third-order valence-electron chi connectivity index (χ3n) is 2.71. The number of nitrogens with one attached hydrogen (secondary N) is 2. The first-order valence-corrected chi connectivity index (χ1v) is 6.80. The van der Waals surface area contributed by atoms with Crippen molar-refractivity contribution in [3.8, 4) is 0 Å². The molecule has 0 spiro atoms. The molecular formula is C15H21N3O2. The highest BCUT2D eigenvalue weighted by atomic mass is 16.2. The van der Waals surface area contributed by atoms with E-state index in [1.165, 1.54) is 0 Å². The third kappa shape index (κ3) is 5.22. The van der Waals surface area contributed by atoms with E-state index in [1.807, 2.05) is 6.92 Å². The first kappa shape index (κ1) is 15.9. The standard InChI is InChI=1S/C15H21N3O2/c1-4-6-11(3)17-18-15(20)12-7-9-13(10-8-12)16-14(19)5-2/h7-10H,4-6H2,1-3H3,(H,16,19)(H,18,20)/b17-11+. The van der Waals surface area contributed by atoms with Crippen LogP contribution < -0.4 is 10.7 Å². The molecule has 1 rings (SSSR count). The molecule has 1 aromatic rings. The Labute approximate surface area is 119 Å². The van der Waals surface area contributed by atoms with Crippen molar-refractivity contribution in [2.24, 2.45) is 5.10 Å². The van der Waals surface area contributed by atoms with Crippen molar-refractivity contribution in [3.63, 3.8) is 0 Å². The molecule has 0 aliphatic heterocycles. The maximum atomic E-state index is 11.8. The van der Waals surface area contributed by atoms with Crippen molar-refractivity contribution in [1.82, 2.24) is 5.43 Å². The summed E-state index contributed by atoms with van der Waals surface area (Å²) < 4.78 is 0. The smallest absolute Gasteiger partial charge is 0.271 e. The van der Waals surface area contributed by atoms with Crippen LogP contribution in [0.4, 0.5) is 5.69 Å². The average molecular weight is 275 g/mol. The molecule has 108 valence electrons. The summed E-state index contributed by atoms with van der Waals surface area (Å²) in [5.74, 6) is -0.309. The molecule has 0 saturated carbocycles. The molecule has 2 N–H and O–H groups in total. The van der Waals surface area contributed by atoms with E-state index in [4.69, 9.17) is 0 Å². The Balaban J connectivity index is 2.61. The van der Waals surface area contributed by atoms with Crippen LogP contribution in [0.15, 0.2) is 29.4 Å². The number of anilines is 1. The van der Waals surface area contributed by atoms with Gasteiger partial charge in [0.15, 0.2) is 0 Å². The maximum Gasteiger partial charge on any atom is 0.271 e. The van der Waals surface area contributed by atoms with Gasteiger partial charge in [0.2, 0.25) is 5.91 Å². The van der Waals surface area contributed by atoms with Gasteiger partial charge in [-0.25, -0.2) is 5.43 Å². The van der Waals surface area contributed by atoms with Gasteiger partial charge in [-0.05, 0) is 37.6 Å². The molecule has 5 heteroatoms. The van der Waals surface area contributed by atoms with Crippen LogP contribution in [0.5, 0.6) is 0 Å². The number of carbonyl (C=O) groups is 2. The van der Waals surface area contributed by atoms with Gasteiger partial charge in [-0.3, -0.25) is 9.59 Å². The molecule has 0 aliphatic rings. The van der Waals surface area contributed by atoms with Crippen LogP contribution in [0.1, 0.15) is 50.4 Å². The quantitative estimate of drug-likeness (QED) is 0.619. The summed E-state index contributed by atoms with van der Waals surface area (Å²) in [5, 5.41) is 6.75. The first-order valence-electron chi connectivity index (χ1n) is 6.80. The third-order valence-corrected chi connectivity index (χ3v) is 2.71. The number of nitrogens with zero attached hydrogens (tertiary/aromatic N) is 1. The summed E-state index contributed by atoms with van der Waals surface area (Å²) in [5.41, 5.74) is 4.60. The van der Waals surface area contributed by atoms with E-state index in [2.05, 4.69) is 22.8 Å². The number of carbonyl (C=O) groups excluding carboxylic acids is 2. The van der Waals surface area contributed by atoms with Crippen LogP contribution in [-0.4, -0.2) is 17.5 Å². The van der Waals surface area contributed by atoms with E-state index in [9.17, 15) is 9.59 Å². The van der Waals surface area contributed by atoms with Crippen LogP contribution in [0.2, 0.25) is 0 Å². The van der Waals surface area contributed by atoms with Gasteiger partial charge in [0.1, 0.15) is 0 Å². The highest BCUT2D eigenvalue weighted by Crippen LogP contribution is 2.10. The van der Waals surface area contributed by atoms with Crippen molar-refractivity contribution in [2.75, 3.05) is 5.32 Å². The predicted molar refractivity (Wildman–Crippen MR) is 80.8 cm³/mol. The lowest BCUT2D eigenvalue weighted by molar-refractivity contribution is -0.115. The molecular weight excluding hydrogens is 254 g/mol. The highest BCUT2D eigenvalue weighted by Gasteiger charge is 2.05. The first-order chi connectivity index (χ1) is 9.56. The van der Waals surface area contributed by atoms with Gasteiger partial charge in [-0.15, -0.1) is 0 Å². The molecule has 0 unspecified atom stereocenters. The summed E-state index contributed by atoms with van der Waals surface area (Å²) in [6.45, 7) is 5.73. The summed E-state index contributed by atoms with van der Waals surface area (Å²) in [6, 6.07) is 6.72. The van der Waals surface area contributed by atoms with E-state index in [-0.39, 0.29) is 11.8 Å². The topological polar surface area (TPSA) is 70.6 Å². The van der Waals surface area contributed by atoms with Crippen molar-refractivity contribution in [3.05, 3.63) is 29.8 Å². The Morgan fingerprint density at radius 2 is 1.80 bits per heavy atom. The van der Waals surface area contributed by atoms with Crippen molar-refractivity contribution in [2.45, 2.75) is 40.0 Å². The van der Waals surface area contributed by atoms with E-state index in [0.29, 0.717) is 17.7 Å². The van der Waals surface area contributed by atoms with Gasteiger partial charge in [-0.1, -0.05) is 20.3 Å². The summed E-state index contributed by atoms with van der Waals surface area (Å²) in [4.78, 5) is 23.1. The van der Waals surface area contributed by atoms with Gasteiger partial charge in [0.05, 0.1) is 0 Å². The maximum absolute atomic E-state index is 11.8. The van der Waals surface area contributed by atoms with Gasteiger partial charge < -0.3 is 5.32 Å². The Morgan fingerprint density at radius 3 is 2.35 bits per heavy atom. The second-order valence-electron chi connectivity index (χ2n) is 4.52. The molecule has 0 bridgehead atoms. The minimum Gasteiger partial charge on any atom is -0.326 e. The molecule has 0 heterocycles. The average Bonchev–Trinajstić information content (AvgIpc) is 2.45. The number of hydrogen-bond donors (Lipinski definition) is 2. The summed E-state index contributed by atoms with van der Waals surface area (Å²) >= 11 is 0. The van der Waals surface area contributed by atoms with Gasteiger partial charge >= 0.3 is 0 Å². The van der Waals surface area contributed by atoms with Crippen molar-refractivity contribution < 1.29 is 9.59 Å². The van der Waals surface area contributed by atoms with Gasteiger partial charge in [0.25, 0.3) is 5.91 Å². The van der Waals surface area contributed by atoms with Crippen LogP contribution in [-0.2, 0) is 4.79 Å². The normalized spacial score (nSPS) is 11.1. The molecule has 0 atom stereocenters. The summed E-state index contributed by atoms with van der Waals surface area (Å²) in [7, 11) is 0. The van der Waals surface area contributed by atoms with Crippen molar-refractivity contribution >= 4 is 23.2 Å². The number of rotatable bonds is 6. The monoisotopic (exact) mass is 275 g/mol. The lowest BCUT2D eigenvalue weighted by atomic mass is 10.2. The van der Waals surface area contributed by atoms with Crippen LogP contribution in [0.3, 0.4) is 0 Å². The highest BCUT2D eigenvalue weighted by molar-refractivity contribution is 5.96. The molecule has 20 heavy (non-hydrogen) atoms. The largest absolute Gasteiger partial charge is 0.326 e. The SMILES string of the molecule is CCC/C(C)=N/NC(=O)c1ccc(NC(=O)CC)cc1. The minimum atomic E-state index is -0.256. The van der Waals surface area contributed by atoms with Crippen LogP contribution in [0, 0.1) is 0 Å². The zero-order valence-corrected chi connectivity index (χ0v) is 12.2. The van der Waals surface area contributed by atoms with E-state index in [1.54, 1.807) is 31.2 Å². The molecule has 2 amide bonds. The molecule has 0 fully saturated rings.